The molecular weight excluding hydrogens is 305 g/mol. The van der Waals surface area contributed by atoms with Gasteiger partial charge in [-0.2, -0.15) is 13.2 Å². The Balaban J connectivity index is 2.78. The average molecular weight is 318 g/mol. The summed E-state index contributed by atoms with van der Waals surface area (Å²) >= 11 is 0. The standard InChI is InChI=1S/C13H13F3N2O4/c1-18-9-4-6(10(19)21-2)8(17)5-7(9)12(22-3,11(18)20)13(14,15)16/h4-5H,17H2,1-3H3. The fraction of sp³-hybridized carbons (Fsp3) is 0.385. The molecule has 1 aromatic rings. The van der Waals surface area contributed by atoms with Gasteiger partial charge in [-0.25, -0.2) is 4.79 Å². The minimum absolute atomic E-state index is 0.112. The molecule has 6 nitrogen and oxygen atoms in total. The maximum absolute atomic E-state index is 13.5. The molecule has 2 N–H and O–H groups in total. The lowest BCUT2D eigenvalue weighted by Crippen LogP contribution is -2.51. The monoisotopic (exact) mass is 318 g/mol. The van der Waals surface area contributed by atoms with Crippen molar-refractivity contribution in [2.24, 2.45) is 0 Å². The number of fused-ring (bicyclic) bond motifs is 1. The van der Waals surface area contributed by atoms with Crippen LogP contribution < -0.4 is 10.6 Å². The van der Waals surface area contributed by atoms with Gasteiger partial charge >= 0.3 is 12.1 Å². The highest BCUT2D eigenvalue weighted by atomic mass is 19.4. The molecule has 0 aliphatic carbocycles. The van der Waals surface area contributed by atoms with E-state index in [1.807, 2.05) is 0 Å². The number of methoxy groups -OCH3 is 2. The van der Waals surface area contributed by atoms with E-state index in [9.17, 15) is 22.8 Å². The van der Waals surface area contributed by atoms with Gasteiger partial charge in [0.15, 0.2) is 0 Å². The minimum atomic E-state index is -4.99. The summed E-state index contributed by atoms with van der Waals surface area (Å²) in [5, 5.41) is 0. The van der Waals surface area contributed by atoms with Crippen molar-refractivity contribution in [1.82, 2.24) is 0 Å². The average Bonchev–Trinajstić information content (AvgIpc) is 2.65. The fourth-order valence-electron chi connectivity index (χ4n) is 2.50. The first-order valence-corrected chi connectivity index (χ1v) is 6.04. The third-order valence-corrected chi connectivity index (χ3v) is 3.63. The molecule has 9 heteroatoms. The number of likely N-dealkylation sites (N-methyl/N-ethyl adjacent to an activating group) is 1. The number of rotatable bonds is 2. The van der Waals surface area contributed by atoms with Crippen LogP contribution in [0.15, 0.2) is 12.1 Å². The molecule has 2 rings (SSSR count). The van der Waals surface area contributed by atoms with Crippen molar-refractivity contribution < 1.29 is 32.2 Å². The Hall–Kier alpha value is -2.29. The summed E-state index contributed by atoms with van der Waals surface area (Å²) in [5.41, 5.74) is 1.55. The lowest BCUT2D eigenvalue weighted by Gasteiger charge is -2.29. The third-order valence-electron chi connectivity index (χ3n) is 3.63. The molecule has 1 heterocycles. The minimum Gasteiger partial charge on any atom is -0.465 e. The van der Waals surface area contributed by atoms with E-state index in [4.69, 9.17) is 5.73 Å². The van der Waals surface area contributed by atoms with Gasteiger partial charge in [0.2, 0.25) is 0 Å². The Morgan fingerprint density at radius 1 is 1.32 bits per heavy atom. The molecular formula is C13H13F3N2O4. The molecule has 120 valence electrons. The zero-order chi connectivity index (χ0) is 16.9. The van der Waals surface area contributed by atoms with Crippen LogP contribution in [-0.2, 0) is 19.9 Å². The second-order valence-corrected chi connectivity index (χ2v) is 4.70. The molecule has 0 spiro atoms. The van der Waals surface area contributed by atoms with Gasteiger partial charge in [0.1, 0.15) is 0 Å². The Morgan fingerprint density at radius 2 is 1.91 bits per heavy atom. The number of anilines is 2. The van der Waals surface area contributed by atoms with E-state index in [-0.39, 0.29) is 16.9 Å². The summed E-state index contributed by atoms with van der Waals surface area (Å²) < 4.78 is 49.5. The summed E-state index contributed by atoms with van der Waals surface area (Å²) in [4.78, 5) is 24.5. The number of nitrogen functional groups attached to an aromatic ring is 1. The number of ether oxygens (including phenoxy) is 2. The molecule has 0 saturated carbocycles. The maximum atomic E-state index is 13.5. The van der Waals surface area contributed by atoms with Gasteiger partial charge in [0.25, 0.3) is 11.5 Å². The van der Waals surface area contributed by atoms with Crippen molar-refractivity contribution in [1.29, 1.82) is 0 Å². The first-order chi connectivity index (χ1) is 10.1. The number of alkyl halides is 3. The Kier molecular flexibility index (Phi) is 3.56. The van der Waals surface area contributed by atoms with Crippen molar-refractivity contribution in [2.75, 3.05) is 31.9 Å². The molecule has 0 saturated heterocycles. The van der Waals surface area contributed by atoms with Crippen LogP contribution in [0.3, 0.4) is 0 Å². The molecule has 0 aromatic heterocycles. The van der Waals surface area contributed by atoms with Crippen molar-refractivity contribution in [2.45, 2.75) is 11.8 Å². The zero-order valence-corrected chi connectivity index (χ0v) is 11.9. The quantitative estimate of drug-likeness (QED) is 0.659. The first kappa shape index (κ1) is 16.1. The Morgan fingerprint density at radius 3 is 2.36 bits per heavy atom. The van der Waals surface area contributed by atoms with E-state index in [1.165, 1.54) is 0 Å². The van der Waals surface area contributed by atoms with Crippen molar-refractivity contribution in [3.63, 3.8) is 0 Å². The number of carbonyl (C=O) groups is 2. The molecule has 1 atom stereocenters. The topological polar surface area (TPSA) is 81.9 Å². The number of hydrogen-bond donors (Lipinski definition) is 1. The van der Waals surface area contributed by atoms with Crippen molar-refractivity contribution >= 4 is 23.3 Å². The van der Waals surface area contributed by atoms with Crippen LogP contribution in [0.4, 0.5) is 24.5 Å². The molecule has 1 aliphatic rings. The van der Waals surface area contributed by atoms with Crippen LogP contribution in [0.5, 0.6) is 0 Å². The summed E-state index contributed by atoms with van der Waals surface area (Å²) in [5.74, 6) is -2.12. The van der Waals surface area contributed by atoms with Crippen LogP contribution in [0.2, 0.25) is 0 Å². The number of amides is 1. The fourth-order valence-corrected chi connectivity index (χ4v) is 2.50. The number of halogens is 3. The second kappa shape index (κ2) is 4.87. The molecule has 22 heavy (non-hydrogen) atoms. The van der Waals surface area contributed by atoms with Gasteiger partial charge in [-0.1, -0.05) is 0 Å². The zero-order valence-electron chi connectivity index (χ0n) is 11.9. The van der Waals surface area contributed by atoms with E-state index < -0.39 is 29.2 Å². The SMILES string of the molecule is COC(=O)c1cc2c(cc1N)C(OC)(C(F)(F)F)C(=O)N2C. The van der Waals surface area contributed by atoms with Gasteiger partial charge in [0, 0.05) is 25.4 Å². The van der Waals surface area contributed by atoms with E-state index >= 15 is 0 Å². The molecule has 1 aromatic carbocycles. The lowest BCUT2D eigenvalue weighted by molar-refractivity contribution is -0.262. The van der Waals surface area contributed by atoms with Crippen LogP contribution in [0.1, 0.15) is 15.9 Å². The summed E-state index contributed by atoms with van der Waals surface area (Å²) in [6, 6.07) is 2.00. The predicted molar refractivity (Wildman–Crippen MR) is 70.3 cm³/mol. The largest absolute Gasteiger partial charge is 0.465 e. The maximum Gasteiger partial charge on any atom is 0.431 e. The highest BCUT2D eigenvalue weighted by Crippen LogP contribution is 2.52. The Bertz CT molecular complexity index is 659. The summed E-state index contributed by atoms with van der Waals surface area (Å²) in [6.45, 7) is 0. The number of esters is 1. The number of nitrogens with two attached hydrogens (primary N) is 1. The predicted octanol–water partition coefficient (Wildman–Crippen LogP) is 1.44. The first-order valence-electron chi connectivity index (χ1n) is 6.04. The van der Waals surface area contributed by atoms with E-state index in [1.54, 1.807) is 0 Å². The van der Waals surface area contributed by atoms with Crippen LogP contribution in [0, 0.1) is 0 Å². The molecule has 1 aliphatic heterocycles. The van der Waals surface area contributed by atoms with Crippen LogP contribution in [-0.4, -0.2) is 39.3 Å². The second-order valence-electron chi connectivity index (χ2n) is 4.70. The molecule has 1 unspecified atom stereocenters. The number of benzene rings is 1. The number of hydrogen-bond acceptors (Lipinski definition) is 5. The highest BCUT2D eigenvalue weighted by molar-refractivity contribution is 6.09. The lowest BCUT2D eigenvalue weighted by atomic mass is 9.92. The molecule has 1 amide bonds. The summed E-state index contributed by atoms with van der Waals surface area (Å²) in [7, 11) is 3.06. The van der Waals surface area contributed by atoms with E-state index in [0.717, 1.165) is 38.3 Å². The number of carbonyl (C=O) groups excluding carboxylic acids is 2. The van der Waals surface area contributed by atoms with Gasteiger partial charge in [0.05, 0.1) is 18.4 Å². The van der Waals surface area contributed by atoms with Crippen LogP contribution >= 0.6 is 0 Å². The van der Waals surface area contributed by atoms with Gasteiger partial charge in [-0.05, 0) is 12.1 Å². The van der Waals surface area contributed by atoms with E-state index in [2.05, 4.69) is 9.47 Å². The number of nitrogens with zero attached hydrogens (tertiary/aromatic N) is 1. The molecule has 0 bridgehead atoms. The van der Waals surface area contributed by atoms with Gasteiger partial charge in [-0.15, -0.1) is 0 Å². The van der Waals surface area contributed by atoms with Gasteiger partial charge < -0.3 is 20.1 Å². The van der Waals surface area contributed by atoms with E-state index in [0.29, 0.717) is 0 Å². The third kappa shape index (κ3) is 1.85. The normalized spacial score (nSPS) is 21.0. The molecule has 0 radical (unpaired) electrons. The van der Waals surface area contributed by atoms with Crippen molar-refractivity contribution in [3.05, 3.63) is 23.3 Å². The van der Waals surface area contributed by atoms with Crippen molar-refractivity contribution in [3.8, 4) is 0 Å². The summed E-state index contributed by atoms with van der Waals surface area (Å²) in [6.07, 6.45) is -4.99. The van der Waals surface area contributed by atoms with Gasteiger partial charge in [-0.3, -0.25) is 4.79 Å². The Labute approximate surface area is 123 Å². The molecule has 0 fully saturated rings. The smallest absolute Gasteiger partial charge is 0.431 e. The highest BCUT2D eigenvalue weighted by Gasteiger charge is 2.68. The van der Waals surface area contributed by atoms with Crippen LogP contribution in [0.25, 0.3) is 0 Å².